The number of nitrogens with one attached hydrogen (secondary N) is 1. The highest BCUT2D eigenvalue weighted by atomic mass is 16.4. The molecule has 0 aliphatic heterocycles. The number of aromatic nitrogens is 2. The molecule has 2 amide bonds. The number of hydrogen-bond donors (Lipinski definition) is 3. The number of carbonyl (C=O) groups excluding carboxylic acids is 2. The molecule has 0 bridgehead atoms. The minimum absolute atomic E-state index is 0.491. The topological polar surface area (TPSA) is 153 Å². The first kappa shape index (κ1) is 16.1. The molecule has 0 saturated heterocycles. The van der Waals surface area contributed by atoms with E-state index in [4.69, 9.17) is 10.8 Å². The van der Waals surface area contributed by atoms with Crippen LogP contribution in [0.4, 0.5) is 0 Å². The average molecular weight is 298 g/mol. The maximum atomic E-state index is 11.7. The lowest BCUT2D eigenvalue weighted by molar-refractivity contribution is -0.143. The van der Waals surface area contributed by atoms with Gasteiger partial charge in [-0.3, -0.25) is 23.5 Å². The number of aliphatic carboxylic acids is 1. The normalized spacial score (nSPS) is 11.7. The summed E-state index contributed by atoms with van der Waals surface area (Å²) >= 11 is 0. The van der Waals surface area contributed by atoms with Crippen LogP contribution in [0.25, 0.3) is 0 Å². The van der Waals surface area contributed by atoms with Gasteiger partial charge in [-0.25, -0.2) is 9.59 Å². The van der Waals surface area contributed by atoms with E-state index in [0.29, 0.717) is 0 Å². The second-order valence-corrected chi connectivity index (χ2v) is 4.25. The van der Waals surface area contributed by atoms with Crippen molar-refractivity contribution in [1.82, 2.24) is 14.5 Å². The van der Waals surface area contributed by atoms with Gasteiger partial charge in [0.05, 0.1) is 6.42 Å². The van der Waals surface area contributed by atoms with Crippen molar-refractivity contribution in [1.29, 1.82) is 0 Å². The average Bonchev–Trinajstić information content (AvgIpc) is 2.38. The standard InChI is InChI=1S/C11H14N4O6/c1-14-9(18)2-3-15(11(14)21)5-8(17)13-6(10(19)20)4-7(12)16/h2-3,6H,4-5H2,1H3,(H2,12,16)(H,13,17)(H,19,20)/t6-/m1/s1. The number of nitrogens with zero attached hydrogens (tertiary/aromatic N) is 2. The maximum Gasteiger partial charge on any atom is 0.331 e. The molecule has 4 N–H and O–H groups in total. The number of nitrogens with two attached hydrogens (primary N) is 1. The summed E-state index contributed by atoms with van der Waals surface area (Å²) in [6.07, 6.45) is 0.553. The van der Waals surface area contributed by atoms with E-state index in [1.54, 1.807) is 0 Å². The molecule has 1 atom stereocenters. The molecule has 1 aromatic rings. The Morgan fingerprint density at radius 3 is 2.52 bits per heavy atom. The van der Waals surface area contributed by atoms with E-state index in [2.05, 4.69) is 5.32 Å². The first-order valence-electron chi connectivity index (χ1n) is 5.79. The maximum absolute atomic E-state index is 11.7. The van der Waals surface area contributed by atoms with Crippen LogP contribution in [0.5, 0.6) is 0 Å². The Morgan fingerprint density at radius 2 is 2.00 bits per heavy atom. The largest absolute Gasteiger partial charge is 0.480 e. The third-order valence-electron chi connectivity index (χ3n) is 2.61. The van der Waals surface area contributed by atoms with E-state index in [-0.39, 0.29) is 0 Å². The second-order valence-electron chi connectivity index (χ2n) is 4.25. The van der Waals surface area contributed by atoms with Crippen molar-refractivity contribution in [2.45, 2.75) is 19.0 Å². The van der Waals surface area contributed by atoms with Crippen LogP contribution >= 0.6 is 0 Å². The van der Waals surface area contributed by atoms with Crippen molar-refractivity contribution in [2.24, 2.45) is 12.8 Å². The fourth-order valence-electron chi connectivity index (χ4n) is 1.53. The molecule has 0 radical (unpaired) electrons. The number of carboxylic acid groups (broad SMARTS) is 1. The molecule has 0 aliphatic rings. The summed E-state index contributed by atoms with van der Waals surface area (Å²) in [5.74, 6) is -3.11. The Labute approximate surface area is 117 Å². The van der Waals surface area contributed by atoms with Crippen LogP contribution < -0.4 is 22.3 Å². The van der Waals surface area contributed by atoms with Crippen molar-refractivity contribution in [3.05, 3.63) is 33.1 Å². The zero-order chi connectivity index (χ0) is 16.2. The lowest BCUT2D eigenvalue weighted by atomic mass is 10.2. The van der Waals surface area contributed by atoms with Crippen LogP contribution in [0.1, 0.15) is 6.42 Å². The minimum Gasteiger partial charge on any atom is -0.480 e. The second kappa shape index (κ2) is 6.50. The summed E-state index contributed by atoms with van der Waals surface area (Å²) < 4.78 is 1.73. The van der Waals surface area contributed by atoms with Crippen molar-refractivity contribution < 1.29 is 19.5 Å². The van der Waals surface area contributed by atoms with Crippen LogP contribution in [-0.4, -0.2) is 38.1 Å². The molecule has 114 valence electrons. The number of carbonyl (C=O) groups is 3. The van der Waals surface area contributed by atoms with Crippen LogP contribution in [0.2, 0.25) is 0 Å². The summed E-state index contributed by atoms with van der Waals surface area (Å²) in [6.45, 7) is -0.491. The molecule has 0 aromatic carbocycles. The van der Waals surface area contributed by atoms with Crippen LogP contribution in [-0.2, 0) is 28.0 Å². The number of primary amides is 1. The van der Waals surface area contributed by atoms with Gasteiger partial charge in [-0.2, -0.15) is 0 Å². The predicted octanol–water partition coefficient (Wildman–Crippen LogP) is -3.01. The quantitative estimate of drug-likeness (QED) is 0.508. The molecule has 0 spiro atoms. The molecule has 0 saturated carbocycles. The SMILES string of the molecule is Cn1c(=O)ccn(CC(=O)N[C@H](CC(N)=O)C(=O)O)c1=O. The fourth-order valence-corrected chi connectivity index (χ4v) is 1.53. The Bertz CT molecular complexity index is 689. The van der Waals surface area contributed by atoms with Gasteiger partial charge in [0.25, 0.3) is 5.56 Å². The molecule has 1 aromatic heterocycles. The number of rotatable bonds is 6. The highest BCUT2D eigenvalue weighted by Gasteiger charge is 2.22. The van der Waals surface area contributed by atoms with E-state index in [9.17, 15) is 24.0 Å². The molecular formula is C11H14N4O6. The van der Waals surface area contributed by atoms with Crippen molar-refractivity contribution in [2.75, 3.05) is 0 Å². The lowest BCUT2D eigenvalue weighted by Crippen LogP contribution is -2.46. The lowest BCUT2D eigenvalue weighted by Gasteiger charge is -2.13. The Hall–Kier alpha value is -2.91. The summed E-state index contributed by atoms with van der Waals surface area (Å²) in [5, 5.41) is 10.9. The van der Waals surface area contributed by atoms with Gasteiger partial charge >= 0.3 is 11.7 Å². The van der Waals surface area contributed by atoms with Gasteiger partial charge in [-0.1, -0.05) is 0 Å². The number of hydrogen-bond acceptors (Lipinski definition) is 5. The fraction of sp³-hybridized carbons (Fsp3) is 0.364. The summed E-state index contributed by atoms with van der Waals surface area (Å²) in [7, 11) is 1.24. The van der Waals surface area contributed by atoms with Crippen molar-refractivity contribution in [3.63, 3.8) is 0 Å². The van der Waals surface area contributed by atoms with Crippen molar-refractivity contribution >= 4 is 17.8 Å². The van der Waals surface area contributed by atoms with Gasteiger partial charge in [0.1, 0.15) is 12.6 Å². The monoisotopic (exact) mass is 298 g/mol. The summed E-state index contributed by atoms with van der Waals surface area (Å²) in [5.41, 5.74) is 3.62. The predicted molar refractivity (Wildman–Crippen MR) is 69.3 cm³/mol. The molecular weight excluding hydrogens is 284 g/mol. The molecule has 10 nitrogen and oxygen atoms in total. The van der Waals surface area contributed by atoms with Gasteiger partial charge in [-0.15, -0.1) is 0 Å². The minimum atomic E-state index is -1.47. The van der Waals surface area contributed by atoms with Crippen molar-refractivity contribution in [3.8, 4) is 0 Å². The molecule has 1 rings (SSSR count). The smallest absolute Gasteiger partial charge is 0.331 e. The molecule has 1 heterocycles. The van der Waals surface area contributed by atoms with Crippen LogP contribution in [0.15, 0.2) is 21.9 Å². The van der Waals surface area contributed by atoms with Gasteiger partial charge in [0.15, 0.2) is 0 Å². The molecule has 21 heavy (non-hydrogen) atoms. The summed E-state index contributed by atoms with van der Waals surface area (Å²) in [4.78, 5) is 56.1. The van der Waals surface area contributed by atoms with E-state index >= 15 is 0 Å². The van der Waals surface area contributed by atoms with E-state index in [1.165, 1.54) is 7.05 Å². The number of carboxylic acids is 1. The first-order chi connectivity index (χ1) is 9.72. The molecule has 10 heteroatoms. The third-order valence-corrected chi connectivity index (χ3v) is 2.61. The molecule has 0 fully saturated rings. The van der Waals surface area contributed by atoms with Gasteiger partial charge in [-0.05, 0) is 0 Å². The summed E-state index contributed by atoms with van der Waals surface area (Å²) in [6, 6.07) is -0.384. The Kier molecular flexibility index (Phi) is 5.00. The Morgan fingerprint density at radius 1 is 1.38 bits per heavy atom. The van der Waals surface area contributed by atoms with Crippen LogP contribution in [0.3, 0.4) is 0 Å². The molecule has 0 unspecified atom stereocenters. The zero-order valence-corrected chi connectivity index (χ0v) is 11.1. The van der Waals surface area contributed by atoms with E-state index < -0.39 is 48.0 Å². The highest BCUT2D eigenvalue weighted by molar-refractivity contribution is 5.88. The van der Waals surface area contributed by atoms with Gasteiger partial charge in [0.2, 0.25) is 11.8 Å². The highest BCUT2D eigenvalue weighted by Crippen LogP contribution is 1.92. The van der Waals surface area contributed by atoms with E-state index in [0.717, 1.165) is 21.4 Å². The van der Waals surface area contributed by atoms with Gasteiger partial charge < -0.3 is 16.2 Å². The van der Waals surface area contributed by atoms with E-state index in [1.807, 2.05) is 0 Å². The third kappa shape index (κ3) is 4.30. The zero-order valence-electron chi connectivity index (χ0n) is 11.1. The van der Waals surface area contributed by atoms with Crippen LogP contribution in [0, 0.1) is 0 Å². The molecule has 0 aliphatic carbocycles. The number of amides is 2. The van der Waals surface area contributed by atoms with Gasteiger partial charge in [0, 0.05) is 19.3 Å². The first-order valence-corrected chi connectivity index (χ1v) is 5.79. The Balaban J connectivity index is 2.84.